The Hall–Kier alpha value is -0.450. The zero-order chi connectivity index (χ0) is 8.74. The first kappa shape index (κ1) is 10.6. The highest BCUT2D eigenvalue weighted by Crippen LogP contribution is 2.07. The van der Waals surface area contributed by atoms with E-state index >= 15 is 0 Å². The number of aliphatic hydroxyl groups is 3. The molecule has 11 heavy (non-hydrogen) atoms. The van der Waals surface area contributed by atoms with Crippen LogP contribution in [0.25, 0.3) is 0 Å². The van der Waals surface area contributed by atoms with Crippen LogP contribution in [0.4, 0.5) is 0 Å². The van der Waals surface area contributed by atoms with E-state index in [2.05, 4.69) is 4.99 Å². The largest absolute Gasteiger partial charge is 0.394 e. The molecule has 0 fully saturated rings. The summed E-state index contributed by atoms with van der Waals surface area (Å²) < 4.78 is 0. The lowest BCUT2D eigenvalue weighted by Gasteiger charge is -2.21. The molecular weight excluding hydrogens is 146 g/mol. The van der Waals surface area contributed by atoms with Crippen LogP contribution in [0.3, 0.4) is 0 Å². The maximum absolute atomic E-state index is 8.77. The summed E-state index contributed by atoms with van der Waals surface area (Å²) in [5, 5.41) is 26.3. The number of hydrogen-bond acceptors (Lipinski definition) is 4. The third kappa shape index (κ3) is 2.96. The zero-order valence-electron chi connectivity index (χ0n) is 6.69. The van der Waals surface area contributed by atoms with Crippen LogP contribution in [0.5, 0.6) is 0 Å². The Morgan fingerprint density at radius 2 is 1.64 bits per heavy atom. The minimum atomic E-state index is -1.09. The molecule has 0 radical (unpaired) electrons. The Bertz CT molecular complexity index is 113. The van der Waals surface area contributed by atoms with Crippen molar-refractivity contribution >= 4 is 6.21 Å². The Labute approximate surface area is 66.2 Å². The van der Waals surface area contributed by atoms with Crippen LogP contribution in [-0.2, 0) is 0 Å². The molecule has 0 atom stereocenters. The molecule has 0 heterocycles. The Morgan fingerprint density at radius 3 is 1.91 bits per heavy atom. The normalized spacial score (nSPS) is 12.7. The summed E-state index contributed by atoms with van der Waals surface area (Å²) in [5.41, 5.74) is -1.09. The lowest BCUT2D eigenvalue weighted by Crippen LogP contribution is -2.39. The van der Waals surface area contributed by atoms with Gasteiger partial charge in [0.15, 0.2) is 0 Å². The smallest absolute Gasteiger partial charge is 0.129 e. The van der Waals surface area contributed by atoms with Crippen molar-refractivity contribution in [3.63, 3.8) is 0 Å². The molecule has 0 saturated heterocycles. The van der Waals surface area contributed by atoms with Crippen LogP contribution in [-0.4, -0.2) is 46.9 Å². The van der Waals surface area contributed by atoms with Gasteiger partial charge in [-0.2, -0.15) is 0 Å². The zero-order valence-corrected chi connectivity index (χ0v) is 6.69. The molecule has 0 aliphatic carbocycles. The lowest BCUT2D eigenvalue weighted by molar-refractivity contribution is 0.0717. The van der Waals surface area contributed by atoms with Crippen LogP contribution < -0.4 is 0 Å². The first-order chi connectivity index (χ1) is 5.24. The van der Waals surface area contributed by atoms with Crippen molar-refractivity contribution in [2.24, 2.45) is 4.99 Å². The Kier molecular flexibility index (Phi) is 5.02. The standard InChI is InChI=1S/C7H15NO3/c1-2-3-8-7(4-9,5-10)6-11/h3,9-11H,2,4-6H2,1H3. The van der Waals surface area contributed by atoms with E-state index in [4.69, 9.17) is 15.3 Å². The van der Waals surface area contributed by atoms with Gasteiger partial charge in [-0.3, -0.25) is 4.99 Å². The van der Waals surface area contributed by atoms with Crippen molar-refractivity contribution in [3.05, 3.63) is 0 Å². The minimum absolute atomic E-state index is 0.337. The van der Waals surface area contributed by atoms with Gasteiger partial charge in [0.1, 0.15) is 5.54 Å². The number of nitrogens with zero attached hydrogens (tertiary/aromatic N) is 1. The van der Waals surface area contributed by atoms with E-state index in [1.54, 1.807) is 6.21 Å². The van der Waals surface area contributed by atoms with Gasteiger partial charge in [0.25, 0.3) is 0 Å². The molecule has 0 rings (SSSR count). The molecule has 0 aliphatic rings. The van der Waals surface area contributed by atoms with Gasteiger partial charge in [-0.1, -0.05) is 6.92 Å². The SMILES string of the molecule is CCC=NC(CO)(CO)CO. The summed E-state index contributed by atoms with van der Waals surface area (Å²) in [6.07, 6.45) is 2.30. The topological polar surface area (TPSA) is 73.1 Å². The van der Waals surface area contributed by atoms with E-state index in [1.807, 2.05) is 6.92 Å². The van der Waals surface area contributed by atoms with Crippen molar-refractivity contribution in [2.75, 3.05) is 19.8 Å². The number of rotatable bonds is 5. The number of aliphatic imine (C=N–C) groups is 1. The monoisotopic (exact) mass is 161 g/mol. The van der Waals surface area contributed by atoms with Crippen molar-refractivity contribution in [1.82, 2.24) is 0 Å². The molecule has 4 heteroatoms. The molecule has 0 aliphatic heterocycles. The summed E-state index contributed by atoms with van der Waals surface area (Å²) in [4.78, 5) is 3.85. The van der Waals surface area contributed by atoms with Crippen molar-refractivity contribution in [3.8, 4) is 0 Å². The predicted octanol–water partition coefficient (Wildman–Crippen LogP) is -0.817. The molecule has 0 unspecified atom stereocenters. The highest BCUT2D eigenvalue weighted by atomic mass is 16.3. The summed E-state index contributed by atoms with van der Waals surface area (Å²) in [6.45, 7) is 0.879. The van der Waals surface area contributed by atoms with Gasteiger partial charge in [-0.05, 0) is 12.6 Å². The van der Waals surface area contributed by atoms with Crippen molar-refractivity contribution < 1.29 is 15.3 Å². The van der Waals surface area contributed by atoms with Crippen molar-refractivity contribution in [2.45, 2.75) is 18.9 Å². The van der Waals surface area contributed by atoms with Gasteiger partial charge >= 0.3 is 0 Å². The highest BCUT2D eigenvalue weighted by Gasteiger charge is 2.25. The maximum atomic E-state index is 8.77. The molecule has 66 valence electrons. The second-order valence-corrected chi connectivity index (χ2v) is 2.42. The van der Waals surface area contributed by atoms with Gasteiger partial charge in [-0.15, -0.1) is 0 Å². The predicted molar refractivity (Wildman–Crippen MR) is 42.8 cm³/mol. The van der Waals surface area contributed by atoms with Crippen LogP contribution in [0.15, 0.2) is 4.99 Å². The van der Waals surface area contributed by atoms with Crippen LogP contribution in [0.2, 0.25) is 0 Å². The maximum Gasteiger partial charge on any atom is 0.129 e. The summed E-state index contributed by atoms with van der Waals surface area (Å²) in [7, 11) is 0. The molecule has 0 amide bonds. The van der Waals surface area contributed by atoms with E-state index in [-0.39, 0.29) is 19.8 Å². The van der Waals surface area contributed by atoms with E-state index in [0.29, 0.717) is 0 Å². The minimum Gasteiger partial charge on any atom is -0.394 e. The lowest BCUT2D eigenvalue weighted by atomic mass is 10.1. The average Bonchev–Trinajstić information content (AvgIpc) is 2.08. The van der Waals surface area contributed by atoms with Gasteiger partial charge in [0.2, 0.25) is 0 Å². The van der Waals surface area contributed by atoms with Crippen LogP contribution in [0, 0.1) is 0 Å². The third-order valence-corrected chi connectivity index (χ3v) is 1.43. The average molecular weight is 161 g/mol. The fourth-order valence-electron chi connectivity index (χ4n) is 0.557. The van der Waals surface area contributed by atoms with E-state index in [1.165, 1.54) is 0 Å². The molecule has 0 saturated carbocycles. The van der Waals surface area contributed by atoms with Gasteiger partial charge in [-0.25, -0.2) is 0 Å². The first-order valence-corrected chi connectivity index (χ1v) is 3.61. The molecule has 3 N–H and O–H groups in total. The fourth-order valence-corrected chi connectivity index (χ4v) is 0.557. The van der Waals surface area contributed by atoms with E-state index in [0.717, 1.165) is 6.42 Å². The summed E-state index contributed by atoms with van der Waals surface area (Å²) >= 11 is 0. The molecule has 0 aromatic carbocycles. The molecule has 0 spiro atoms. The summed E-state index contributed by atoms with van der Waals surface area (Å²) in [5.74, 6) is 0. The summed E-state index contributed by atoms with van der Waals surface area (Å²) in [6, 6.07) is 0. The van der Waals surface area contributed by atoms with Crippen LogP contribution >= 0.6 is 0 Å². The first-order valence-electron chi connectivity index (χ1n) is 3.61. The van der Waals surface area contributed by atoms with Gasteiger partial charge in [0, 0.05) is 0 Å². The molecule has 4 nitrogen and oxygen atoms in total. The third-order valence-electron chi connectivity index (χ3n) is 1.43. The van der Waals surface area contributed by atoms with Gasteiger partial charge in [0.05, 0.1) is 19.8 Å². The number of aliphatic hydroxyl groups excluding tert-OH is 3. The van der Waals surface area contributed by atoms with E-state index < -0.39 is 5.54 Å². The molecule has 0 aromatic rings. The second kappa shape index (κ2) is 5.23. The molecule has 0 aromatic heterocycles. The van der Waals surface area contributed by atoms with Gasteiger partial charge < -0.3 is 15.3 Å². The Morgan fingerprint density at radius 1 is 1.18 bits per heavy atom. The Balaban J connectivity index is 4.16. The quantitative estimate of drug-likeness (QED) is 0.461. The van der Waals surface area contributed by atoms with Crippen molar-refractivity contribution in [1.29, 1.82) is 0 Å². The fraction of sp³-hybridized carbons (Fsp3) is 0.857. The van der Waals surface area contributed by atoms with E-state index in [9.17, 15) is 0 Å². The highest BCUT2D eigenvalue weighted by molar-refractivity contribution is 5.57. The second-order valence-electron chi connectivity index (χ2n) is 2.42. The molecular formula is C7H15NO3. The molecule has 0 bridgehead atoms. The number of hydrogen-bond donors (Lipinski definition) is 3. The van der Waals surface area contributed by atoms with Crippen LogP contribution in [0.1, 0.15) is 13.3 Å².